The lowest BCUT2D eigenvalue weighted by Gasteiger charge is -2.25. The Morgan fingerprint density at radius 2 is 1.96 bits per heavy atom. The van der Waals surface area contributed by atoms with Crippen molar-refractivity contribution in [2.24, 2.45) is 0 Å². The van der Waals surface area contributed by atoms with Crippen LogP contribution in [0.3, 0.4) is 0 Å². The van der Waals surface area contributed by atoms with E-state index in [0.29, 0.717) is 24.3 Å². The van der Waals surface area contributed by atoms with Crippen LogP contribution in [0.2, 0.25) is 0 Å². The second kappa shape index (κ2) is 7.99. The van der Waals surface area contributed by atoms with Gasteiger partial charge >= 0.3 is 5.97 Å². The fourth-order valence-electron chi connectivity index (χ4n) is 3.35. The highest BCUT2D eigenvalue weighted by atomic mass is 16.5. The molecule has 1 atom stereocenters. The van der Waals surface area contributed by atoms with Crippen LogP contribution in [-0.4, -0.2) is 45.9 Å². The highest BCUT2D eigenvalue weighted by molar-refractivity contribution is 6.10. The Kier molecular flexibility index (Phi) is 5.49. The van der Waals surface area contributed by atoms with Crippen LogP contribution >= 0.6 is 0 Å². The van der Waals surface area contributed by atoms with Crippen molar-refractivity contribution in [3.63, 3.8) is 0 Å². The molecule has 1 aromatic carbocycles. The normalized spacial score (nSPS) is 19.3. The minimum absolute atomic E-state index is 0.133. The molecule has 140 valence electrons. The summed E-state index contributed by atoms with van der Waals surface area (Å²) >= 11 is 0. The molecule has 1 N–H and O–H groups in total. The summed E-state index contributed by atoms with van der Waals surface area (Å²) in [5.41, 5.74) is -0.783. The summed E-state index contributed by atoms with van der Waals surface area (Å²) in [6.45, 7) is 0.506. The maximum atomic E-state index is 13.0. The molecule has 7 heteroatoms. The summed E-state index contributed by atoms with van der Waals surface area (Å²) in [5, 5.41) is 9.32. The van der Waals surface area contributed by atoms with E-state index < -0.39 is 23.7 Å². The monoisotopic (exact) mass is 368 g/mol. The Morgan fingerprint density at radius 1 is 1.19 bits per heavy atom. The highest BCUT2D eigenvalue weighted by Crippen LogP contribution is 2.39. The molecule has 2 amide bonds. The second-order valence-corrected chi connectivity index (χ2v) is 6.44. The second-order valence-electron chi connectivity index (χ2n) is 6.44. The van der Waals surface area contributed by atoms with Crippen molar-refractivity contribution in [2.45, 2.75) is 24.7 Å². The first-order valence-electron chi connectivity index (χ1n) is 8.68. The number of benzene rings is 1. The number of carboxylic acids is 1. The molecule has 2 aromatic rings. The number of hydrogen-bond acceptors (Lipinski definition) is 5. The third-order valence-electron chi connectivity index (χ3n) is 4.62. The van der Waals surface area contributed by atoms with E-state index >= 15 is 0 Å². The predicted octanol–water partition coefficient (Wildman–Crippen LogP) is 2.02. The number of likely N-dealkylation sites (tertiary alicyclic amines) is 1. The van der Waals surface area contributed by atoms with Gasteiger partial charge in [0, 0.05) is 19.2 Å². The van der Waals surface area contributed by atoms with Gasteiger partial charge in [0.05, 0.1) is 24.6 Å². The average molecular weight is 368 g/mol. The van der Waals surface area contributed by atoms with Gasteiger partial charge in [-0.25, -0.2) is 0 Å². The van der Waals surface area contributed by atoms with Crippen LogP contribution in [0, 0.1) is 0 Å². The molecule has 0 radical (unpaired) electrons. The number of amides is 2. The van der Waals surface area contributed by atoms with Crippen LogP contribution in [0.4, 0.5) is 0 Å². The van der Waals surface area contributed by atoms with Crippen LogP contribution in [-0.2, 0) is 19.8 Å². The Balaban J connectivity index is 1.69. The van der Waals surface area contributed by atoms with E-state index in [2.05, 4.69) is 4.98 Å². The topological polar surface area (TPSA) is 96.8 Å². The standard InChI is InChI=1S/C20H20N2O5/c23-17-12-20(13-18(24)25,15-6-2-1-3-7-15)19(26)22(17)10-5-11-27-16-8-4-9-21-14-16/h1-4,6-9,14H,5,10-13H2,(H,24,25)/t20-/m0/s1. The molecule has 0 saturated carbocycles. The summed E-state index contributed by atoms with van der Waals surface area (Å²) < 4.78 is 5.53. The molecule has 0 spiro atoms. The van der Waals surface area contributed by atoms with Crippen molar-refractivity contribution < 1.29 is 24.2 Å². The molecule has 1 saturated heterocycles. The summed E-state index contributed by atoms with van der Waals surface area (Å²) in [6.07, 6.45) is 3.12. The third kappa shape index (κ3) is 3.97. The number of pyridine rings is 1. The van der Waals surface area contributed by atoms with E-state index in [-0.39, 0.29) is 18.9 Å². The molecular weight excluding hydrogens is 348 g/mol. The van der Waals surface area contributed by atoms with Gasteiger partial charge in [0.2, 0.25) is 11.8 Å². The van der Waals surface area contributed by atoms with Crippen molar-refractivity contribution >= 4 is 17.8 Å². The number of imide groups is 1. The number of ether oxygens (including phenoxy) is 1. The molecule has 0 aliphatic carbocycles. The van der Waals surface area contributed by atoms with Gasteiger partial charge in [0.15, 0.2) is 0 Å². The van der Waals surface area contributed by atoms with Crippen LogP contribution in [0.1, 0.15) is 24.8 Å². The number of rotatable bonds is 8. The number of carboxylic acid groups (broad SMARTS) is 1. The van der Waals surface area contributed by atoms with Crippen molar-refractivity contribution in [3.8, 4) is 5.75 Å². The van der Waals surface area contributed by atoms with E-state index in [9.17, 15) is 19.5 Å². The lowest BCUT2D eigenvalue weighted by atomic mass is 9.76. The molecule has 0 bridgehead atoms. The zero-order valence-electron chi connectivity index (χ0n) is 14.7. The minimum Gasteiger partial charge on any atom is -0.492 e. The summed E-state index contributed by atoms with van der Waals surface area (Å²) in [6, 6.07) is 12.2. The Morgan fingerprint density at radius 3 is 2.63 bits per heavy atom. The maximum absolute atomic E-state index is 13.0. The molecular formula is C20H20N2O5. The summed E-state index contributed by atoms with van der Waals surface area (Å²) in [5.74, 6) is -1.31. The van der Waals surface area contributed by atoms with E-state index in [4.69, 9.17) is 4.74 Å². The predicted molar refractivity (Wildman–Crippen MR) is 96.1 cm³/mol. The van der Waals surface area contributed by atoms with Crippen molar-refractivity contribution in [3.05, 3.63) is 60.4 Å². The van der Waals surface area contributed by atoms with Gasteiger partial charge in [-0.15, -0.1) is 0 Å². The van der Waals surface area contributed by atoms with Crippen LogP contribution in [0.25, 0.3) is 0 Å². The zero-order valence-corrected chi connectivity index (χ0v) is 14.7. The maximum Gasteiger partial charge on any atom is 0.304 e. The van der Waals surface area contributed by atoms with Crippen molar-refractivity contribution in [2.75, 3.05) is 13.2 Å². The molecule has 1 aliphatic heterocycles. The van der Waals surface area contributed by atoms with E-state index in [1.54, 1.807) is 54.9 Å². The molecule has 0 unspecified atom stereocenters. The smallest absolute Gasteiger partial charge is 0.304 e. The fourth-order valence-corrected chi connectivity index (χ4v) is 3.35. The van der Waals surface area contributed by atoms with Gasteiger partial charge in [-0.05, 0) is 24.1 Å². The van der Waals surface area contributed by atoms with Crippen molar-refractivity contribution in [1.29, 1.82) is 0 Å². The lowest BCUT2D eigenvalue weighted by Crippen LogP contribution is -2.40. The van der Waals surface area contributed by atoms with Crippen LogP contribution in [0.15, 0.2) is 54.9 Å². The first-order valence-corrected chi connectivity index (χ1v) is 8.68. The molecule has 1 aliphatic rings. The van der Waals surface area contributed by atoms with E-state index in [0.717, 1.165) is 4.90 Å². The Hall–Kier alpha value is -3.22. The van der Waals surface area contributed by atoms with Gasteiger partial charge in [0.25, 0.3) is 0 Å². The number of aromatic nitrogens is 1. The van der Waals surface area contributed by atoms with Gasteiger partial charge < -0.3 is 9.84 Å². The Bertz CT molecular complexity index is 825. The average Bonchev–Trinajstić information content (AvgIpc) is 2.91. The van der Waals surface area contributed by atoms with Gasteiger partial charge in [-0.3, -0.25) is 24.3 Å². The number of carbonyl (C=O) groups is 3. The first kappa shape index (κ1) is 18.6. The van der Waals surface area contributed by atoms with Crippen molar-refractivity contribution in [1.82, 2.24) is 9.88 Å². The first-order chi connectivity index (χ1) is 13.0. The van der Waals surface area contributed by atoms with Crippen LogP contribution < -0.4 is 4.74 Å². The number of nitrogens with zero attached hydrogens (tertiary/aromatic N) is 2. The fraction of sp³-hybridized carbons (Fsp3) is 0.300. The third-order valence-corrected chi connectivity index (χ3v) is 4.62. The van der Waals surface area contributed by atoms with Gasteiger partial charge in [-0.2, -0.15) is 0 Å². The highest BCUT2D eigenvalue weighted by Gasteiger charge is 2.53. The molecule has 27 heavy (non-hydrogen) atoms. The number of carbonyl (C=O) groups excluding carboxylic acids is 2. The zero-order chi connectivity index (χ0) is 19.3. The van der Waals surface area contributed by atoms with Gasteiger partial charge in [-0.1, -0.05) is 30.3 Å². The number of hydrogen-bond donors (Lipinski definition) is 1. The van der Waals surface area contributed by atoms with E-state index in [1.807, 2.05) is 0 Å². The molecule has 7 nitrogen and oxygen atoms in total. The quantitative estimate of drug-likeness (QED) is 0.566. The largest absolute Gasteiger partial charge is 0.492 e. The molecule has 3 rings (SSSR count). The minimum atomic E-state index is -1.34. The Labute approximate surface area is 156 Å². The molecule has 1 aromatic heterocycles. The lowest BCUT2D eigenvalue weighted by molar-refractivity contribution is -0.145. The molecule has 1 fully saturated rings. The summed E-state index contributed by atoms with van der Waals surface area (Å²) in [7, 11) is 0. The summed E-state index contributed by atoms with van der Waals surface area (Å²) in [4.78, 5) is 42.0. The number of aliphatic carboxylic acids is 1. The SMILES string of the molecule is O=C(O)C[C@]1(c2ccccc2)CC(=O)N(CCCOc2cccnc2)C1=O. The van der Waals surface area contributed by atoms with Crippen LogP contribution in [0.5, 0.6) is 5.75 Å². The molecule has 2 heterocycles. The van der Waals surface area contributed by atoms with Gasteiger partial charge in [0.1, 0.15) is 5.75 Å². The van der Waals surface area contributed by atoms with E-state index in [1.165, 1.54) is 0 Å².